The molecule has 1 unspecified atom stereocenters. The van der Waals surface area contributed by atoms with Gasteiger partial charge in [0.15, 0.2) is 9.84 Å². The highest BCUT2D eigenvalue weighted by Gasteiger charge is 2.42. The summed E-state index contributed by atoms with van der Waals surface area (Å²) >= 11 is 0. The number of carbonyl (C=O) groups is 2. The summed E-state index contributed by atoms with van der Waals surface area (Å²) in [7, 11) is -6.96. The van der Waals surface area contributed by atoms with Gasteiger partial charge in [0, 0.05) is 31.9 Å². The fourth-order valence-electron chi connectivity index (χ4n) is 4.02. The summed E-state index contributed by atoms with van der Waals surface area (Å²) < 4.78 is 50.1. The van der Waals surface area contributed by atoms with Crippen molar-refractivity contribution in [2.24, 2.45) is 0 Å². The number of hydrogen-bond donors (Lipinski definition) is 0. The van der Waals surface area contributed by atoms with Crippen molar-refractivity contribution in [1.82, 2.24) is 14.1 Å². The summed E-state index contributed by atoms with van der Waals surface area (Å²) in [6, 6.07) is 8.56. The molecule has 3 heterocycles. The van der Waals surface area contributed by atoms with Crippen molar-refractivity contribution in [2.45, 2.75) is 11.7 Å². The van der Waals surface area contributed by atoms with Crippen LogP contribution in [0.5, 0.6) is 0 Å². The first-order chi connectivity index (χ1) is 14.2. The second kappa shape index (κ2) is 7.91. The average Bonchev–Trinajstić information content (AvgIpc) is 3.23. The predicted molar refractivity (Wildman–Crippen MR) is 110 cm³/mol. The summed E-state index contributed by atoms with van der Waals surface area (Å²) in [6.45, 7) is 1.22. The Morgan fingerprint density at radius 1 is 1.00 bits per heavy atom. The molecule has 0 saturated carbocycles. The monoisotopic (exact) mass is 456 g/mol. The first kappa shape index (κ1) is 21.2. The molecule has 3 fully saturated rings. The molecule has 4 rings (SSSR count). The molecule has 0 aliphatic carbocycles. The van der Waals surface area contributed by atoms with E-state index < -0.39 is 31.1 Å². The van der Waals surface area contributed by atoms with E-state index in [9.17, 15) is 26.4 Å². The van der Waals surface area contributed by atoms with Crippen LogP contribution in [0, 0.1) is 0 Å². The molecule has 1 aromatic carbocycles. The molecular formula is C18H24N4O6S2. The van der Waals surface area contributed by atoms with E-state index in [1.165, 1.54) is 14.1 Å². The van der Waals surface area contributed by atoms with Crippen molar-refractivity contribution < 1.29 is 26.4 Å². The molecule has 164 valence electrons. The predicted octanol–water partition coefficient (Wildman–Crippen LogP) is -0.453. The molecule has 3 aliphatic rings. The van der Waals surface area contributed by atoms with Gasteiger partial charge in [0.05, 0.1) is 23.4 Å². The number of carbonyl (C=O) groups excluding carboxylic acids is 2. The molecule has 12 heteroatoms. The van der Waals surface area contributed by atoms with Crippen LogP contribution in [0.3, 0.4) is 0 Å². The number of nitrogens with zero attached hydrogens (tertiary/aromatic N) is 4. The van der Waals surface area contributed by atoms with Crippen molar-refractivity contribution in [1.29, 1.82) is 0 Å². The Kier molecular flexibility index (Phi) is 5.60. The van der Waals surface area contributed by atoms with Crippen LogP contribution in [0.1, 0.15) is 6.42 Å². The molecule has 0 bridgehead atoms. The van der Waals surface area contributed by atoms with E-state index >= 15 is 0 Å². The number of rotatable bonds is 5. The molecule has 1 aromatic rings. The topological polar surface area (TPSA) is 115 Å². The Hall–Kier alpha value is -2.02. The molecule has 10 nitrogen and oxygen atoms in total. The Morgan fingerprint density at radius 3 is 2.27 bits per heavy atom. The van der Waals surface area contributed by atoms with Gasteiger partial charge in [0.1, 0.15) is 6.54 Å². The SMILES string of the molecule is O=C1CN(c2ccccc2)C(=O)N1CN1CCN(S(=O)(=O)C2CCS(=O)(=O)C2)CC1. The molecule has 0 aromatic heterocycles. The lowest BCUT2D eigenvalue weighted by atomic mass is 10.3. The van der Waals surface area contributed by atoms with E-state index in [0.29, 0.717) is 18.8 Å². The lowest BCUT2D eigenvalue weighted by Gasteiger charge is -2.36. The quantitative estimate of drug-likeness (QED) is 0.551. The average molecular weight is 457 g/mol. The highest BCUT2D eigenvalue weighted by Crippen LogP contribution is 2.24. The van der Waals surface area contributed by atoms with Crippen molar-refractivity contribution in [3.63, 3.8) is 0 Å². The zero-order valence-electron chi connectivity index (χ0n) is 16.4. The largest absolute Gasteiger partial charge is 0.332 e. The number of para-hydroxylation sites is 1. The number of piperazine rings is 1. The number of sulfonamides is 1. The zero-order valence-corrected chi connectivity index (χ0v) is 18.0. The lowest BCUT2D eigenvalue weighted by Crippen LogP contribution is -2.54. The molecule has 3 aliphatic heterocycles. The fraction of sp³-hybridized carbons (Fsp3) is 0.556. The third-order valence-corrected chi connectivity index (χ3v) is 10.1. The molecule has 0 spiro atoms. The molecule has 0 N–H and O–H groups in total. The van der Waals surface area contributed by atoms with Crippen LogP contribution in [0.4, 0.5) is 10.5 Å². The molecule has 1 atom stereocenters. The summed E-state index contributed by atoms with van der Waals surface area (Å²) in [5, 5.41) is -0.879. The van der Waals surface area contributed by atoms with Gasteiger partial charge in [-0.1, -0.05) is 18.2 Å². The normalized spacial score (nSPS) is 25.9. The third kappa shape index (κ3) is 4.09. The van der Waals surface area contributed by atoms with Gasteiger partial charge in [-0.3, -0.25) is 14.6 Å². The van der Waals surface area contributed by atoms with Gasteiger partial charge in [-0.25, -0.2) is 26.5 Å². The maximum absolute atomic E-state index is 12.7. The van der Waals surface area contributed by atoms with E-state index in [2.05, 4.69) is 0 Å². The molecular weight excluding hydrogens is 432 g/mol. The molecule has 3 saturated heterocycles. The Labute approximate surface area is 176 Å². The highest BCUT2D eigenvalue weighted by atomic mass is 32.2. The third-order valence-electron chi connectivity index (χ3n) is 5.77. The van der Waals surface area contributed by atoms with Gasteiger partial charge in [-0.15, -0.1) is 0 Å². The maximum Gasteiger partial charge on any atom is 0.332 e. The smallest absolute Gasteiger partial charge is 0.285 e. The number of hydrogen-bond acceptors (Lipinski definition) is 7. The van der Waals surface area contributed by atoms with E-state index in [-0.39, 0.29) is 50.1 Å². The van der Waals surface area contributed by atoms with Crippen LogP contribution in [0.15, 0.2) is 30.3 Å². The van der Waals surface area contributed by atoms with E-state index in [0.717, 1.165) is 0 Å². The summed E-state index contributed by atoms with van der Waals surface area (Å²) in [6.07, 6.45) is 0.136. The van der Waals surface area contributed by atoms with E-state index in [1.54, 1.807) is 24.3 Å². The van der Waals surface area contributed by atoms with Gasteiger partial charge in [-0.05, 0) is 18.6 Å². The molecule has 3 amide bonds. The van der Waals surface area contributed by atoms with E-state index in [4.69, 9.17) is 0 Å². The van der Waals surface area contributed by atoms with Crippen molar-refractivity contribution in [2.75, 3.05) is 55.8 Å². The standard InChI is InChI=1S/C18H24N4O6S2/c23-17-12-21(15-4-2-1-3-5-15)18(24)22(17)14-19-7-9-20(10-8-19)30(27,28)16-6-11-29(25,26)13-16/h1-5,16H,6-14H2. The lowest BCUT2D eigenvalue weighted by molar-refractivity contribution is -0.126. The number of benzene rings is 1. The Morgan fingerprint density at radius 2 is 1.67 bits per heavy atom. The van der Waals surface area contributed by atoms with Crippen LogP contribution in [0.2, 0.25) is 0 Å². The van der Waals surface area contributed by atoms with Gasteiger partial charge >= 0.3 is 6.03 Å². The molecule has 0 radical (unpaired) electrons. The van der Waals surface area contributed by atoms with Gasteiger partial charge < -0.3 is 0 Å². The van der Waals surface area contributed by atoms with E-state index in [1.807, 2.05) is 11.0 Å². The number of sulfone groups is 1. The van der Waals surface area contributed by atoms with Crippen LogP contribution < -0.4 is 4.90 Å². The van der Waals surface area contributed by atoms with Crippen molar-refractivity contribution >= 4 is 37.5 Å². The number of urea groups is 1. The number of amides is 3. The summed E-state index contributed by atoms with van der Waals surface area (Å²) in [5.41, 5.74) is 0.653. The first-order valence-electron chi connectivity index (χ1n) is 9.76. The zero-order chi connectivity index (χ0) is 21.5. The van der Waals surface area contributed by atoms with Gasteiger partial charge in [0.2, 0.25) is 10.0 Å². The maximum atomic E-state index is 12.7. The highest BCUT2D eigenvalue weighted by molar-refractivity contribution is 7.95. The Balaban J connectivity index is 1.35. The van der Waals surface area contributed by atoms with Crippen LogP contribution >= 0.6 is 0 Å². The Bertz CT molecular complexity index is 1040. The second-order valence-corrected chi connectivity index (χ2v) is 12.2. The second-order valence-electron chi connectivity index (χ2n) is 7.75. The molecule has 30 heavy (non-hydrogen) atoms. The fourth-order valence-corrected chi connectivity index (χ4v) is 8.53. The number of imide groups is 1. The van der Waals surface area contributed by atoms with Gasteiger partial charge in [-0.2, -0.15) is 4.31 Å². The van der Waals surface area contributed by atoms with Crippen molar-refractivity contribution in [3.05, 3.63) is 30.3 Å². The van der Waals surface area contributed by atoms with Crippen LogP contribution in [-0.2, 0) is 24.7 Å². The first-order valence-corrected chi connectivity index (χ1v) is 13.1. The minimum absolute atomic E-state index is 0.0205. The summed E-state index contributed by atoms with van der Waals surface area (Å²) in [4.78, 5) is 29.5. The minimum atomic E-state index is -3.68. The van der Waals surface area contributed by atoms with Crippen LogP contribution in [0.25, 0.3) is 0 Å². The van der Waals surface area contributed by atoms with Crippen molar-refractivity contribution in [3.8, 4) is 0 Å². The number of anilines is 1. The minimum Gasteiger partial charge on any atom is -0.285 e. The van der Waals surface area contributed by atoms with Crippen LogP contribution in [-0.4, -0.2) is 99.0 Å². The van der Waals surface area contributed by atoms with Gasteiger partial charge in [0.25, 0.3) is 5.91 Å². The summed E-state index contributed by atoms with van der Waals surface area (Å²) in [5.74, 6) is -0.703.